The third-order valence-electron chi connectivity index (χ3n) is 6.50. The van der Waals surface area contributed by atoms with Crippen molar-refractivity contribution in [3.05, 3.63) is 83.9 Å². The summed E-state index contributed by atoms with van der Waals surface area (Å²) < 4.78 is 5.83. The van der Waals surface area contributed by atoms with Crippen LogP contribution in [0.5, 0.6) is 0 Å². The minimum Gasteiger partial charge on any atom is -0.478 e. The van der Waals surface area contributed by atoms with E-state index in [0.29, 0.717) is 25.8 Å². The second kappa shape index (κ2) is 14.7. The summed E-state index contributed by atoms with van der Waals surface area (Å²) in [4.78, 5) is 49.6. The molecular formula is C30H37N3O6. The lowest BCUT2D eigenvalue weighted by atomic mass is 9.97. The van der Waals surface area contributed by atoms with E-state index >= 15 is 0 Å². The van der Waals surface area contributed by atoms with Crippen molar-refractivity contribution in [1.82, 2.24) is 16.0 Å². The van der Waals surface area contributed by atoms with Crippen molar-refractivity contribution in [3.63, 3.8) is 0 Å². The molecule has 0 saturated carbocycles. The second-order valence-electron chi connectivity index (χ2n) is 10.1. The number of rotatable bonds is 13. The van der Waals surface area contributed by atoms with Gasteiger partial charge in [-0.3, -0.25) is 9.59 Å². The van der Waals surface area contributed by atoms with Gasteiger partial charge in [-0.25, -0.2) is 9.59 Å². The van der Waals surface area contributed by atoms with Crippen LogP contribution in [0.1, 0.15) is 50.3 Å². The lowest BCUT2D eigenvalue weighted by molar-refractivity contribution is -0.131. The van der Waals surface area contributed by atoms with E-state index in [1.165, 1.54) is 6.08 Å². The number of hydrogen-bond donors (Lipinski definition) is 4. The standard InChI is InChI=1S/C30H37N3O6/c1-20(2)17-25(29(37)32-24(13-14-27(34)35)19-23-15-16-31-28(23)36)33-30(38)39-26(22-11-7-4-8-12-22)18-21-9-5-3-6-10-21/h3-14,20,23-26H,15-19H2,1-2H3,(H,31,36)(H,32,37)(H,33,38)(H,34,35)/b14-13+/t23-,24?,25-,26?/m0/s1. The van der Waals surface area contributed by atoms with Crippen LogP contribution in [0, 0.1) is 11.8 Å². The molecule has 2 aromatic carbocycles. The van der Waals surface area contributed by atoms with Gasteiger partial charge in [-0.1, -0.05) is 80.6 Å². The Kier molecular flexibility index (Phi) is 11.1. The maximum absolute atomic E-state index is 13.3. The summed E-state index contributed by atoms with van der Waals surface area (Å²) in [7, 11) is 0. The largest absolute Gasteiger partial charge is 0.478 e. The molecule has 3 rings (SSSR count). The molecule has 9 heteroatoms. The maximum Gasteiger partial charge on any atom is 0.408 e. The van der Waals surface area contributed by atoms with Crippen LogP contribution in [0.4, 0.5) is 4.79 Å². The van der Waals surface area contributed by atoms with E-state index in [4.69, 9.17) is 9.84 Å². The monoisotopic (exact) mass is 535 g/mol. The van der Waals surface area contributed by atoms with Crippen LogP contribution in [-0.4, -0.2) is 47.6 Å². The maximum atomic E-state index is 13.3. The van der Waals surface area contributed by atoms with Gasteiger partial charge in [0.1, 0.15) is 12.1 Å². The number of carboxylic acid groups (broad SMARTS) is 1. The summed E-state index contributed by atoms with van der Waals surface area (Å²) in [6.07, 6.45) is 2.69. The molecule has 0 bridgehead atoms. The first kappa shape index (κ1) is 29.4. The normalized spacial score (nSPS) is 17.3. The molecule has 0 radical (unpaired) electrons. The molecule has 1 saturated heterocycles. The molecule has 9 nitrogen and oxygen atoms in total. The Morgan fingerprint density at radius 1 is 1.05 bits per heavy atom. The average molecular weight is 536 g/mol. The Morgan fingerprint density at radius 3 is 2.31 bits per heavy atom. The Bertz CT molecular complexity index is 1140. The van der Waals surface area contributed by atoms with Crippen molar-refractivity contribution >= 4 is 23.9 Å². The van der Waals surface area contributed by atoms with Gasteiger partial charge in [0.05, 0.1) is 0 Å². The number of benzene rings is 2. The van der Waals surface area contributed by atoms with Gasteiger partial charge in [0.25, 0.3) is 0 Å². The van der Waals surface area contributed by atoms with E-state index in [-0.39, 0.29) is 24.2 Å². The van der Waals surface area contributed by atoms with Gasteiger partial charge in [-0.15, -0.1) is 0 Å². The van der Waals surface area contributed by atoms with Crippen LogP contribution >= 0.6 is 0 Å². The first-order valence-corrected chi connectivity index (χ1v) is 13.3. The highest BCUT2D eigenvalue weighted by atomic mass is 16.6. The van der Waals surface area contributed by atoms with E-state index in [2.05, 4.69) is 16.0 Å². The van der Waals surface area contributed by atoms with Gasteiger partial charge in [0.15, 0.2) is 0 Å². The predicted octanol–water partition coefficient (Wildman–Crippen LogP) is 3.76. The average Bonchev–Trinajstić information content (AvgIpc) is 3.31. The number of carbonyl (C=O) groups is 4. The number of carbonyl (C=O) groups excluding carboxylic acids is 3. The third-order valence-corrected chi connectivity index (χ3v) is 6.50. The molecule has 1 aliphatic rings. The molecule has 2 unspecified atom stereocenters. The van der Waals surface area contributed by atoms with Crippen molar-refractivity contribution in [1.29, 1.82) is 0 Å². The topological polar surface area (TPSA) is 134 Å². The summed E-state index contributed by atoms with van der Waals surface area (Å²) in [5, 5.41) is 17.4. The van der Waals surface area contributed by atoms with Crippen LogP contribution in [0.25, 0.3) is 0 Å². The molecular weight excluding hydrogens is 498 g/mol. The Balaban J connectivity index is 1.71. The number of aliphatic carboxylic acids is 1. The van der Waals surface area contributed by atoms with E-state index in [1.807, 2.05) is 74.5 Å². The smallest absolute Gasteiger partial charge is 0.408 e. The fraction of sp³-hybridized carbons (Fsp3) is 0.400. The molecule has 2 aromatic rings. The van der Waals surface area contributed by atoms with Gasteiger partial charge in [0, 0.05) is 31.0 Å². The summed E-state index contributed by atoms with van der Waals surface area (Å²) in [6.45, 7) is 4.40. The number of hydrogen-bond acceptors (Lipinski definition) is 5. The molecule has 0 spiro atoms. The number of alkyl carbamates (subject to hydrolysis) is 1. The third kappa shape index (κ3) is 9.92. The molecule has 0 aromatic heterocycles. The SMILES string of the molecule is CC(C)C[C@H](NC(=O)OC(Cc1ccccc1)c1ccccc1)C(=O)NC(/C=C/C(=O)O)C[C@@H]1CCNC1=O. The van der Waals surface area contributed by atoms with Gasteiger partial charge in [-0.05, 0) is 36.3 Å². The molecule has 39 heavy (non-hydrogen) atoms. The predicted molar refractivity (Wildman–Crippen MR) is 147 cm³/mol. The van der Waals surface area contributed by atoms with E-state index in [0.717, 1.165) is 17.2 Å². The van der Waals surface area contributed by atoms with Gasteiger partial charge in [-0.2, -0.15) is 0 Å². The van der Waals surface area contributed by atoms with Gasteiger partial charge < -0.3 is 25.8 Å². The van der Waals surface area contributed by atoms with Crippen LogP contribution in [0.2, 0.25) is 0 Å². The molecule has 3 amide bonds. The number of amides is 3. The highest BCUT2D eigenvalue weighted by Gasteiger charge is 2.30. The lowest BCUT2D eigenvalue weighted by Gasteiger charge is -2.25. The van der Waals surface area contributed by atoms with Crippen LogP contribution < -0.4 is 16.0 Å². The van der Waals surface area contributed by atoms with Crippen molar-refractivity contribution in [2.24, 2.45) is 11.8 Å². The summed E-state index contributed by atoms with van der Waals surface area (Å²) in [5.74, 6) is -2.01. The zero-order chi connectivity index (χ0) is 28.2. The second-order valence-corrected chi connectivity index (χ2v) is 10.1. The first-order valence-electron chi connectivity index (χ1n) is 13.3. The van der Waals surface area contributed by atoms with E-state index in [1.54, 1.807) is 0 Å². The van der Waals surface area contributed by atoms with Crippen LogP contribution in [0.15, 0.2) is 72.8 Å². The molecule has 1 fully saturated rings. The Labute approximate surface area is 229 Å². The quantitative estimate of drug-likeness (QED) is 0.289. The molecule has 1 aliphatic heterocycles. The van der Waals surface area contributed by atoms with Crippen molar-refractivity contribution in [3.8, 4) is 0 Å². The van der Waals surface area contributed by atoms with Crippen molar-refractivity contribution in [2.45, 2.75) is 57.7 Å². The minimum atomic E-state index is -1.16. The highest BCUT2D eigenvalue weighted by Crippen LogP contribution is 2.23. The first-order chi connectivity index (χ1) is 18.7. The number of nitrogens with one attached hydrogen (secondary N) is 3. The molecule has 0 aliphatic carbocycles. The fourth-order valence-electron chi connectivity index (χ4n) is 4.58. The number of ether oxygens (including phenoxy) is 1. The molecule has 208 valence electrons. The van der Waals surface area contributed by atoms with Crippen molar-refractivity contribution < 1.29 is 29.0 Å². The summed E-state index contributed by atoms with van der Waals surface area (Å²) >= 11 is 0. The Morgan fingerprint density at radius 2 is 1.72 bits per heavy atom. The highest BCUT2D eigenvalue weighted by molar-refractivity contribution is 5.86. The minimum absolute atomic E-state index is 0.0731. The van der Waals surface area contributed by atoms with Crippen LogP contribution in [0.3, 0.4) is 0 Å². The number of carboxylic acids is 1. The Hall–Kier alpha value is -4.14. The molecule has 1 heterocycles. The zero-order valence-corrected chi connectivity index (χ0v) is 22.3. The molecule has 4 N–H and O–H groups in total. The zero-order valence-electron chi connectivity index (χ0n) is 22.3. The van der Waals surface area contributed by atoms with Crippen molar-refractivity contribution in [2.75, 3.05) is 6.54 Å². The fourth-order valence-corrected chi connectivity index (χ4v) is 4.58. The van der Waals surface area contributed by atoms with E-state index < -0.39 is 36.2 Å². The summed E-state index contributed by atoms with van der Waals surface area (Å²) in [6, 6.07) is 17.5. The van der Waals surface area contributed by atoms with E-state index in [9.17, 15) is 19.2 Å². The van der Waals surface area contributed by atoms with Gasteiger partial charge in [0.2, 0.25) is 11.8 Å². The summed E-state index contributed by atoms with van der Waals surface area (Å²) in [5.41, 5.74) is 1.83. The van der Waals surface area contributed by atoms with Gasteiger partial charge >= 0.3 is 12.1 Å². The van der Waals surface area contributed by atoms with Crippen LogP contribution in [-0.2, 0) is 25.5 Å². The molecule has 4 atom stereocenters. The lowest BCUT2D eigenvalue weighted by Crippen LogP contribution is -2.50.